The van der Waals surface area contributed by atoms with Gasteiger partial charge in [-0.15, -0.1) is 0 Å². The van der Waals surface area contributed by atoms with E-state index in [0.717, 1.165) is 6.42 Å². The number of nitrogen functional groups attached to an aromatic ring is 2. The van der Waals surface area contributed by atoms with E-state index in [1.807, 2.05) is 32.0 Å². The van der Waals surface area contributed by atoms with Crippen molar-refractivity contribution < 1.29 is 0 Å². The van der Waals surface area contributed by atoms with E-state index < -0.39 is 0 Å². The average Bonchev–Trinajstić information content (AvgIpc) is 2.58. The van der Waals surface area contributed by atoms with Crippen LogP contribution < -0.4 is 17.0 Å². The molecule has 3 aromatic rings. The Kier molecular flexibility index (Phi) is 4.84. The number of aromatic nitrogens is 5. The molecule has 0 spiro atoms. The van der Waals surface area contributed by atoms with Gasteiger partial charge in [0.1, 0.15) is 5.82 Å². The third kappa shape index (κ3) is 3.55. The molecule has 130 valence electrons. The van der Waals surface area contributed by atoms with Gasteiger partial charge < -0.3 is 11.5 Å². The predicted molar refractivity (Wildman–Crippen MR) is 99.2 cm³/mol. The standard InChI is InChI=1S/C16H19N7OS/c1-3-9(2)23-13(24)10-6-4-5-7-11(10)19-16(23)25-8-12-20-14(17)22-15(18)21-12/h4-7,9H,3,8H2,1-2H3,(H4,17,18,20,21,22)/t9-/m1/s1. The zero-order chi connectivity index (χ0) is 18.0. The van der Waals surface area contributed by atoms with E-state index in [1.165, 1.54) is 11.8 Å². The summed E-state index contributed by atoms with van der Waals surface area (Å²) in [5.74, 6) is 0.994. The fraction of sp³-hybridized carbons (Fsp3) is 0.312. The Labute approximate surface area is 148 Å². The van der Waals surface area contributed by atoms with Gasteiger partial charge >= 0.3 is 0 Å². The maximum absolute atomic E-state index is 12.9. The Balaban J connectivity index is 2.03. The SMILES string of the molecule is CC[C@@H](C)n1c(SCc2nc(N)nc(N)n2)nc2ccccc2c1=O. The molecule has 4 N–H and O–H groups in total. The van der Waals surface area contributed by atoms with Crippen molar-refractivity contribution in [1.29, 1.82) is 0 Å². The minimum atomic E-state index is -0.0443. The van der Waals surface area contributed by atoms with Crippen molar-refractivity contribution in [1.82, 2.24) is 24.5 Å². The third-order valence-corrected chi connectivity index (χ3v) is 4.80. The Morgan fingerprint density at radius 2 is 1.80 bits per heavy atom. The van der Waals surface area contributed by atoms with Crippen molar-refractivity contribution in [2.75, 3.05) is 11.5 Å². The monoisotopic (exact) mass is 357 g/mol. The van der Waals surface area contributed by atoms with E-state index >= 15 is 0 Å². The molecular formula is C16H19N7OS. The second kappa shape index (κ2) is 7.06. The second-order valence-corrected chi connectivity index (χ2v) is 6.54. The molecule has 0 aliphatic heterocycles. The van der Waals surface area contributed by atoms with Crippen molar-refractivity contribution in [3.05, 3.63) is 40.4 Å². The van der Waals surface area contributed by atoms with Gasteiger partial charge in [0.25, 0.3) is 5.56 Å². The van der Waals surface area contributed by atoms with Gasteiger partial charge in [-0.1, -0.05) is 30.8 Å². The Hall–Kier alpha value is -2.68. The predicted octanol–water partition coefficient (Wildman–Crippen LogP) is 2.01. The number of para-hydroxylation sites is 1. The van der Waals surface area contributed by atoms with Crippen LogP contribution >= 0.6 is 11.8 Å². The first-order valence-electron chi connectivity index (χ1n) is 7.89. The molecule has 8 nitrogen and oxygen atoms in total. The summed E-state index contributed by atoms with van der Waals surface area (Å²) in [6.45, 7) is 4.04. The van der Waals surface area contributed by atoms with Gasteiger partial charge in [0.2, 0.25) is 11.9 Å². The zero-order valence-corrected chi connectivity index (χ0v) is 14.8. The lowest BCUT2D eigenvalue weighted by atomic mass is 10.2. The number of hydrogen-bond acceptors (Lipinski definition) is 8. The van der Waals surface area contributed by atoms with Crippen molar-refractivity contribution in [3.8, 4) is 0 Å². The maximum Gasteiger partial charge on any atom is 0.262 e. The summed E-state index contributed by atoms with van der Waals surface area (Å²) >= 11 is 1.38. The van der Waals surface area contributed by atoms with Gasteiger partial charge in [-0.2, -0.15) is 15.0 Å². The Bertz CT molecular complexity index is 952. The van der Waals surface area contributed by atoms with Crippen molar-refractivity contribution in [3.63, 3.8) is 0 Å². The fourth-order valence-corrected chi connectivity index (χ4v) is 3.40. The lowest BCUT2D eigenvalue weighted by Gasteiger charge is -2.18. The number of benzene rings is 1. The fourth-order valence-electron chi connectivity index (χ4n) is 2.45. The molecule has 0 amide bonds. The average molecular weight is 357 g/mol. The minimum absolute atomic E-state index is 0.0283. The largest absolute Gasteiger partial charge is 0.368 e. The van der Waals surface area contributed by atoms with Crippen molar-refractivity contribution >= 4 is 34.6 Å². The van der Waals surface area contributed by atoms with E-state index in [-0.39, 0.29) is 23.5 Å². The van der Waals surface area contributed by atoms with Crippen LogP contribution in [-0.4, -0.2) is 24.5 Å². The number of anilines is 2. The van der Waals surface area contributed by atoms with E-state index in [9.17, 15) is 4.79 Å². The summed E-state index contributed by atoms with van der Waals surface area (Å²) < 4.78 is 1.72. The summed E-state index contributed by atoms with van der Waals surface area (Å²) in [6, 6.07) is 7.37. The summed E-state index contributed by atoms with van der Waals surface area (Å²) in [5, 5.41) is 1.23. The molecule has 3 rings (SSSR count). The van der Waals surface area contributed by atoms with Gasteiger partial charge in [0.05, 0.1) is 16.7 Å². The summed E-state index contributed by atoms with van der Waals surface area (Å²) in [5.41, 5.74) is 11.8. The molecule has 25 heavy (non-hydrogen) atoms. The molecule has 0 fully saturated rings. The van der Waals surface area contributed by atoms with Crippen LogP contribution in [0.4, 0.5) is 11.9 Å². The lowest BCUT2D eigenvalue weighted by Crippen LogP contribution is -2.26. The molecule has 0 unspecified atom stereocenters. The third-order valence-electron chi connectivity index (χ3n) is 3.85. The van der Waals surface area contributed by atoms with E-state index in [2.05, 4.69) is 19.9 Å². The van der Waals surface area contributed by atoms with Crippen LogP contribution in [0.25, 0.3) is 10.9 Å². The molecule has 0 saturated carbocycles. The Morgan fingerprint density at radius 3 is 2.48 bits per heavy atom. The van der Waals surface area contributed by atoms with E-state index in [0.29, 0.717) is 27.6 Å². The number of fused-ring (bicyclic) bond motifs is 1. The van der Waals surface area contributed by atoms with Crippen LogP contribution in [0.5, 0.6) is 0 Å². The van der Waals surface area contributed by atoms with Gasteiger partial charge in [0.15, 0.2) is 5.16 Å². The number of nitrogens with zero attached hydrogens (tertiary/aromatic N) is 5. The molecule has 0 bridgehead atoms. The highest BCUT2D eigenvalue weighted by Gasteiger charge is 2.16. The van der Waals surface area contributed by atoms with Crippen LogP contribution in [0.3, 0.4) is 0 Å². The van der Waals surface area contributed by atoms with E-state index in [1.54, 1.807) is 10.6 Å². The maximum atomic E-state index is 12.9. The quantitative estimate of drug-likeness (QED) is 0.524. The van der Waals surface area contributed by atoms with Crippen LogP contribution in [0.15, 0.2) is 34.2 Å². The number of thioether (sulfide) groups is 1. The Morgan fingerprint density at radius 1 is 1.12 bits per heavy atom. The molecule has 1 aromatic carbocycles. The van der Waals surface area contributed by atoms with Crippen LogP contribution in [0, 0.1) is 0 Å². The molecule has 0 radical (unpaired) electrons. The molecule has 2 heterocycles. The highest BCUT2D eigenvalue weighted by molar-refractivity contribution is 7.98. The summed E-state index contributed by atoms with van der Waals surface area (Å²) in [6.07, 6.45) is 0.819. The molecule has 2 aromatic heterocycles. The molecule has 9 heteroatoms. The van der Waals surface area contributed by atoms with Gasteiger partial charge in [-0.25, -0.2) is 4.98 Å². The van der Waals surface area contributed by atoms with Crippen LogP contribution in [0.1, 0.15) is 32.1 Å². The lowest BCUT2D eigenvalue weighted by molar-refractivity contribution is 0.468. The summed E-state index contributed by atoms with van der Waals surface area (Å²) in [7, 11) is 0. The van der Waals surface area contributed by atoms with Gasteiger partial charge in [0, 0.05) is 6.04 Å². The second-order valence-electron chi connectivity index (χ2n) is 5.60. The zero-order valence-electron chi connectivity index (χ0n) is 14.0. The van der Waals surface area contributed by atoms with Crippen LogP contribution in [-0.2, 0) is 5.75 Å². The molecular weight excluding hydrogens is 338 g/mol. The van der Waals surface area contributed by atoms with Gasteiger partial charge in [-0.3, -0.25) is 9.36 Å². The van der Waals surface area contributed by atoms with Gasteiger partial charge in [-0.05, 0) is 25.5 Å². The van der Waals surface area contributed by atoms with E-state index in [4.69, 9.17) is 11.5 Å². The summed E-state index contributed by atoms with van der Waals surface area (Å²) in [4.78, 5) is 29.4. The topological polar surface area (TPSA) is 126 Å². The minimum Gasteiger partial charge on any atom is -0.368 e. The first-order chi connectivity index (χ1) is 12.0. The number of rotatable bonds is 5. The van der Waals surface area contributed by atoms with Crippen LogP contribution in [0.2, 0.25) is 0 Å². The smallest absolute Gasteiger partial charge is 0.262 e. The highest BCUT2D eigenvalue weighted by Crippen LogP contribution is 2.24. The van der Waals surface area contributed by atoms with Crippen molar-refractivity contribution in [2.45, 2.75) is 37.2 Å². The molecule has 0 saturated heterocycles. The highest BCUT2D eigenvalue weighted by atomic mass is 32.2. The number of hydrogen-bond donors (Lipinski definition) is 2. The molecule has 0 aliphatic rings. The number of nitrogens with two attached hydrogens (primary N) is 2. The van der Waals surface area contributed by atoms with Crippen molar-refractivity contribution in [2.24, 2.45) is 0 Å². The first kappa shape index (κ1) is 17.2. The molecule has 0 aliphatic carbocycles. The first-order valence-corrected chi connectivity index (χ1v) is 8.88. The molecule has 1 atom stereocenters. The normalized spacial score (nSPS) is 12.4.